The first-order valence-corrected chi connectivity index (χ1v) is 5.86. The van der Waals surface area contributed by atoms with Gasteiger partial charge in [0.15, 0.2) is 6.10 Å². The van der Waals surface area contributed by atoms with Crippen molar-refractivity contribution in [2.24, 2.45) is 11.8 Å². The van der Waals surface area contributed by atoms with Crippen LogP contribution >= 0.6 is 0 Å². The van der Waals surface area contributed by atoms with E-state index >= 15 is 0 Å². The van der Waals surface area contributed by atoms with Gasteiger partial charge in [-0.1, -0.05) is 26.2 Å². The van der Waals surface area contributed by atoms with Crippen LogP contribution in [0.25, 0.3) is 0 Å². The van der Waals surface area contributed by atoms with Crippen LogP contribution < -0.4 is 5.32 Å². The molecule has 1 fully saturated rings. The van der Waals surface area contributed by atoms with Crippen LogP contribution in [0, 0.1) is 11.8 Å². The molecule has 96 valence electrons. The highest BCUT2D eigenvalue weighted by molar-refractivity contribution is 4.75. The van der Waals surface area contributed by atoms with Gasteiger partial charge in [0.2, 0.25) is 0 Å². The topological polar surface area (TPSA) is 32.3 Å². The standard InChI is InChI=1S/C11H20F3NO/c1-8-4-2-3-5-9(8)6-15-7-10(16)11(12,13)14/h8-10,15-16H,2-7H2,1H3. The van der Waals surface area contributed by atoms with Crippen molar-refractivity contribution < 1.29 is 18.3 Å². The monoisotopic (exact) mass is 239 g/mol. The fourth-order valence-electron chi connectivity index (χ4n) is 2.22. The molecule has 0 aromatic heterocycles. The lowest BCUT2D eigenvalue weighted by atomic mass is 9.80. The van der Waals surface area contributed by atoms with Crippen molar-refractivity contribution in [1.82, 2.24) is 5.32 Å². The Labute approximate surface area is 94.2 Å². The molecule has 0 radical (unpaired) electrons. The average molecular weight is 239 g/mol. The van der Waals surface area contributed by atoms with Crippen molar-refractivity contribution in [1.29, 1.82) is 0 Å². The fraction of sp³-hybridized carbons (Fsp3) is 1.00. The van der Waals surface area contributed by atoms with Gasteiger partial charge in [0.05, 0.1) is 0 Å². The Kier molecular flexibility index (Phi) is 5.05. The second-order valence-corrected chi connectivity index (χ2v) is 4.74. The number of hydrogen-bond acceptors (Lipinski definition) is 2. The van der Waals surface area contributed by atoms with Crippen molar-refractivity contribution in [3.05, 3.63) is 0 Å². The Bertz CT molecular complexity index is 208. The van der Waals surface area contributed by atoms with E-state index in [-0.39, 0.29) is 0 Å². The summed E-state index contributed by atoms with van der Waals surface area (Å²) in [5, 5.41) is 11.5. The van der Waals surface area contributed by atoms with E-state index in [2.05, 4.69) is 12.2 Å². The molecule has 1 rings (SSSR count). The van der Waals surface area contributed by atoms with Crippen molar-refractivity contribution >= 4 is 0 Å². The van der Waals surface area contributed by atoms with E-state index in [1.807, 2.05) is 0 Å². The van der Waals surface area contributed by atoms with Crippen molar-refractivity contribution in [2.45, 2.75) is 44.9 Å². The summed E-state index contributed by atoms with van der Waals surface area (Å²) in [6.45, 7) is 2.33. The highest BCUT2D eigenvalue weighted by Crippen LogP contribution is 2.29. The molecule has 16 heavy (non-hydrogen) atoms. The highest BCUT2D eigenvalue weighted by atomic mass is 19.4. The van der Waals surface area contributed by atoms with E-state index in [9.17, 15) is 13.2 Å². The molecule has 2 nitrogen and oxygen atoms in total. The number of alkyl halides is 3. The fourth-order valence-corrected chi connectivity index (χ4v) is 2.22. The van der Waals surface area contributed by atoms with E-state index in [1.54, 1.807) is 0 Å². The number of rotatable bonds is 4. The lowest BCUT2D eigenvalue weighted by Crippen LogP contribution is -2.41. The predicted octanol–water partition coefficient (Wildman–Crippen LogP) is 2.33. The second-order valence-electron chi connectivity index (χ2n) is 4.74. The van der Waals surface area contributed by atoms with Gasteiger partial charge in [-0.05, 0) is 24.8 Å². The summed E-state index contributed by atoms with van der Waals surface area (Å²) in [6.07, 6.45) is -2.12. The van der Waals surface area contributed by atoms with E-state index in [0.717, 1.165) is 12.8 Å². The third-order valence-corrected chi connectivity index (χ3v) is 3.41. The molecule has 1 saturated carbocycles. The minimum absolute atomic E-state index is 0.396. The van der Waals surface area contributed by atoms with Crippen molar-refractivity contribution in [3.8, 4) is 0 Å². The maximum atomic E-state index is 12.0. The van der Waals surface area contributed by atoms with Crippen LogP contribution in [-0.2, 0) is 0 Å². The molecule has 0 amide bonds. The number of aliphatic hydroxyl groups excluding tert-OH is 1. The lowest BCUT2D eigenvalue weighted by Gasteiger charge is -2.29. The van der Waals surface area contributed by atoms with Gasteiger partial charge in [-0.3, -0.25) is 0 Å². The van der Waals surface area contributed by atoms with Gasteiger partial charge in [0, 0.05) is 6.54 Å². The van der Waals surface area contributed by atoms with Gasteiger partial charge in [0.25, 0.3) is 0 Å². The molecule has 3 unspecified atom stereocenters. The van der Waals surface area contributed by atoms with Gasteiger partial charge in [0.1, 0.15) is 0 Å². The number of hydrogen-bond donors (Lipinski definition) is 2. The minimum Gasteiger partial charge on any atom is -0.382 e. The molecular formula is C11H20F3NO. The molecule has 5 heteroatoms. The van der Waals surface area contributed by atoms with Crippen molar-refractivity contribution in [3.63, 3.8) is 0 Å². The van der Waals surface area contributed by atoms with Crippen LogP contribution in [0.3, 0.4) is 0 Å². The first-order valence-electron chi connectivity index (χ1n) is 5.86. The van der Waals surface area contributed by atoms with Crippen LogP contribution in [0.2, 0.25) is 0 Å². The number of nitrogens with one attached hydrogen (secondary N) is 1. The zero-order valence-electron chi connectivity index (χ0n) is 9.56. The van der Waals surface area contributed by atoms with Crippen LogP contribution in [0.15, 0.2) is 0 Å². The Hall–Kier alpha value is -0.290. The van der Waals surface area contributed by atoms with Crippen LogP contribution in [0.4, 0.5) is 13.2 Å². The molecule has 3 atom stereocenters. The molecule has 0 aromatic rings. The van der Waals surface area contributed by atoms with E-state index in [4.69, 9.17) is 5.11 Å². The molecule has 0 aliphatic heterocycles. The summed E-state index contributed by atoms with van der Waals surface area (Å²) in [5.74, 6) is 1.03. The molecule has 0 heterocycles. The maximum Gasteiger partial charge on any atom is 0.415 e. The molecular weight excluding hydrogens is 219 g/mol. The summed E-state index contributed by atoms with van der Waals surface area (Å²) in [4.78, 5) is 0. The minimum atomic E-state index is -4.51. The zero-order chi connectivity index (χ0) is 12.2. The summed E-state index contributed by atoms with van der Waals surface area (Å²) < 4.78 is 36.0. The Morgan fingerprint density at radius 2 is 1.94 bits per heavy atom. The summed E-state index contributed by atoms with van der Waals surface area (Å²) >= 11 is 0. The van der Waals surface area contributed by atoms with Crippen molar-refractivity contribution in [2.75, 3.05) is 13.1 Å². The van der Waals surface area contributed by atoms with Crippen LogP contribution in [0.5, 0.6) is 0 Å². The Morgan fingerprint density at radius 3 is 2.50 bits per heavy atom. The maximum absolute atomic E-state index is 12.0. The molecule has 1 aliphatic rings. The van der Waals surface area contributed by atoms with Gasteiger partial charge in [-0.15, -0.1) is 0 Å². The number of aliphatic hydroxyl groups is 1. The third-order valence-electron chi connectivity index (χ3n) is 3.41. The largest absolute Gasteiger partial charge is 0.415 e. The molecule has 2 N–H and O–H groups in total. The Balaban J connectivity index is 2.19. The molecule has 0 spiro atoms. The molecule has 1 aliphatic carbocycles. The molecule has 0 aromatic carbocycles. The van der Waals surface area contributed by atoms with Crippen LogP contribution in [0.1, 0.15) is 32.6 Å². The first kappa shape index (κ1) is 13.8. The average Bonchev–Trinajstić information content (AvgIpc) is 2.19. The SMILES string of the molecule is CC1CCCCC1CNCC(O)C(F)(F)F. The molecule has 0 bridgehead atoms. The number of halogens is 3. The molecule has 0 saturated heterocycles. The lowest BCUT2D eigenvalue weighted by molar-refractivity contribution is -0.201. The van der Waals surface area contributed by atoms with Gasteiger partial charge < -0.3 is 10.4 Å². The van der Waals surface area contributed by atoms with Gasteiger partial charge in [-0.2, -0.15) is 13.2 Å². The Morgan fingerprint density at radius 1 is 1.31 bits per heavy atom. The summed E-state index contributed by atoms with van der Waals surface area (Å²) in [7, 11) is 0. The smallest absolute Gasteiger partial charge is 0.382 e. The highest BCUT2D eigenvalue weighted by Gasteiger charge is 2.37. The first-order chi connectivity index (χ1) is 7.41. The predicted molar refractivity (Wildman–Crippen MR) is 56.1 cm³/mol. The summed E-state index contributed by atoms with van der Waals surface area (Å²) in [5.41, 5.74) is 0. The quantitative estimate of drug-likeness (QED) is 0.789. The normalized spacial score (nSPS) is 29.1. The van der Waals surface area contributed by atoms with Gasteiger partial charge in [-0.25, -0.2) is 0 Å². The van der Waals surface area contributed by atoms with Gasteiger partial charge >= 0.3 is 6.18 Å². The van der Waals surface area contributed by atoms with E-state index in [1.165, 1.54) is 12.8 Å². The van der Waals surface area contributed by atoms with E-state index < -0.39 is 18.8 Å². The zero-order valence-corrected chi connectivity index (χ0v) is 9.56. The van der Waals surface area contributed by atoms with Crippen LogP contribution in [-0.4, -0.2) is 30.5 Å². The van der Waals surface area contributed by atoms with E-state index in [0.29, 0.717) is 18.4 Å². The third kappa shape index (κ3) is 4.29. The second kappa shape index (κ2) is 5.87. The summed E-state index contributed by atoms with van der Waals surface area (Å²) in [6, 6.07) is 0.